The van der Waals surface area contributed by atoms with Crippen LogP contribution in [-0.4, -0.2) is 32.4 Å². The third kappa shape index (κ3) is 4.66. The van der Waals surface area contributed by atoms with Crippen LogP contribution in [-0.2, 0) is 4.79 Å². The molecule has 0 heterocycles. The molecule has 0 amide bonds. The molecule has 0 aromatic heterocycles. The van der Waals surface area contributed by atoms with E-state index in [1.165, 1.54) is 14.2 Å². The molecule has 0 aliphatic heterocycles. The predicted octanol–water partition coefficient (Wildman–Crippen LogP) is 5.01. The first-order chi connectivity index (χ1) is 14.6. The minimum atomic E-state index is -0.927. The number of hydrogen-bond acceptors (Lipinski definition) is 5. The van der Waals surface area contributed by atoms with Crippen molar-refractivity contribution in [2.24, 2.45) is 0 Å². The monoisotopic (exact) mass is 407 g/mol. The molecule has 0 radical (unpaired) electrons. The van der Waals surface area contributed by atoms with Gasteiger partial charge in [0.15, 0.2) is 11.5 Å². The van der Waals surface area contributed by atoms with Crippen molar-refractivity contribution in [3.05, 3.63) is 72.3 Å². The predicted molar refractivity (Wildman–Crippen MR) is 117 cm³/mol. The molecule has 0 fully saturated rings. The second kappa shape index (κ2) is 9.69. The first kappa shape index (κ1) is 21.0. The fourth-order valence-corrected chi connectivity index (χ4v) is 3.43. The zero-order valence-electron chi connectivity index (χ0n) is 17.2. The molecule has 3 rings (SSSR count). The Labute approximate surface area is 176 Å². The van der Waals surface area contributed by atoms with Gasteiger partial charge in [-0.05, 0) is 35.4 Å². The Morgan fingerprint density at radius 1 is 0.867 bits per heavy atom. The molecule has 6 heteroatoms. The summed E-state index contributed by atoms with van der Waals surface area (Å²) in [4.78, 5) is 11.6. The minimum absolute atomic E-state index is 0.137. The van der Waals surface area contributed by atoms with E-state index in [1.807, 2.05) is 54.6 Å². The smallest absolute Gasteiger partial charge is 0.305 e. The van der Waals surface area contributed by atoms with Crippen molar-refractivity contribution in [3.8, 4) is 28.4 Å². The summed E-state index contributed by atoms with van der Waals surface area (Å²) >= 11 is 0. The van der Waals surface area contributed by atoms with Crippen molar-refractivity contribution in [2.75, 3.05) is 26.6 Å². The van der Waals surface area contributed by atoms with Gasteiger partial charge in [0, 0.05) is 11.3 Å². The van der Waals surface area contributed by atoms with E-state index in [2.05, 4.69) is 5.32 Å². The molecule has 0 aliphatic rings. The molecule has 0 saturated carbocycles. The summed E-state index contributed by atoms with van der Waals surface area (Å²) in [6.45, 7) is 0. The molecule has 156 valence electrons. The highest BCUT2D eigenvalue weighted by molar-refractivity contribution is 5.72. The van der Waals surface area contributed by atoms with Gasteiger partial charge in [0.25, 0.3) is 0 Å². The Bertz CT molecular complexity index is 1000. The van der Waals surface area contributed by atoms with Crippen LogP contribution in [0.1, 0.15) is 18.0 Å². The quantitative estimate of drug-likeness (QED) is 0.519. The second-order valence-corrected chi connectivity index (χ2v) is 6.67. The van der Waals surface area contributed by atoms with E-state index in [4.69, 9.17) is 14.2 Å². The van der Waals surface area contributed by atoms with Gasteiger partial charge in [-0.3, -0.25) is 4.79 Å². The van der Waals surface area contributed by atoms with Crippen molar-refractivity contribution >= 4 is 11.7 Å². The van der Waals surface area contributed by atoms with Crippen LogP contribution in [0.3, 0.4) is 0 Å². The van der Waals surface area contributed by atoms with Crippen LogP contribution in [0.2, 0.25) is 0 Å². The molecule has 1 atom stereocenters. The number of benzene rings is 3. The lowest BCUT2D eigenvalue weighted by Crippen LogP contribution is -2.16. The summed E-state index contributed by atoms with van der Waals surface area (Å²) in [6, 6.07) is 20.9. The van der Waals surface area contributed by atoms with E-state index in [-0.39, 0.29) is 6.42 Å². The van der Waals surface area contributed by atoms with Gasteiger partial charge in [-0.2, -0.15) is 0 Å². The largest absolute Gasteiger partial charge is 0.493 e. The van der Waals surface area contributed by atoms with Crippen LogP contribution in [0.25, 0.3) is 11.1 Å². The number of methoxy groups -OCH3 is 3. The highest BCUT2D eigenvalue weighted by atomic mass is 16.5. The van der Waals surface area contributed by atoms with Crippen LogP contribution in [0.5, 0.6) is 17.2 Å². The lowest BCUT2D eigenvalue weighted by atomic mass is 10.00. The average Bonchev–Trinajstić information content (AvgIpc) is 2.78. The highest BCUT2D eigenvalue weighted by Crippen LogP contribution is 2.43. The van der Waals surface area contributed by atoms with Crippen LogP contribution < -0.4 is 19.5 Å². The van der Waals surface area contributed by atoms with Gasteiger partial charge in [0.2, 0.25) is 5.75 Å². The van der Waals surface area contributed by atoms with Crippen LogP contribution >= 0.6 is 0 Å². The topological polar surface area (TPSA) is 77.0 Å². The fourth-order valence-electron chi connectivity index (χ4n) is 3.43. The maximum Gasteiger partial charge on any atom is 0.305 e. The van der Waals surface area contributed by atoms with E-state index >= 15 is 0 Å². The molecule has 6 nitrogen and oxygen atoms in total. The lowest BCUT2D eigenvalue weighted by Gasteiger charge is -2.23. The van der Waals surface area contributed by atoms with Gasteiger partial charge in [-0.1, -0.05) is 42.5 Å². The van der Waals surface area contributed by atoms with E-state index in [9.17, 15) is 9.90 Å². The molecule has 0 saturated heterocycles. The first-order valence-electron chi connectivity index (χ1n) is 9.50. The number of rotatable bonds is 9. The fraction of sp³-hybridized carbons (Fsp3) is 0.208. The van der Waals surface area contributed by atoms with E-state index in [0.29, 0.717) is 22.8 Å². The molecule has 0 aliphatic carbocycles. The minimum Gasteiger partial charge on any atom is -0.493 e. The van der Waals surface area contributed by atoms with Crippen LogP contribution in [0.4, 0.5) is 5.69 Å². The van der Waals surface area contributed by atoms with Gasteiger partial charge < -0.3 is 24.6 Å². The summed E-state index contributed by atoms with van der Waals surface area (Å²) in [6.07, 6.45) is -0.137. The number of hydrogen-bond donors (Lipinski definition) is 2. The van der Waals surface area contributed by atoms with Crippen LogP contribution in [0, 0.1) is 0 Å². The van der Waals surface area contributed by atoms with Gasteiger partial charge in [-0.25, -0.2) is 0 Å². The Hall–Kier alpha value is -3.67. The van der Waals surface area contributed by atoms with Crippen molar-refractivity contribution in [2.45, 2.75) is 12.5 Å². The van der Waals surface area contributed by atoms with E-state index in [0.717, 1.165) is 16.8 Å². The maximum atomic E-state index is 11.6. The zero-order valence-corrected chi connectivity index (χ0v) is 17.2. The Balaban J connectivity index is 2.00. The van der Waals surface area contributed by atoms with Crippen molar-refractivity contribution in [3.63, 3.8) is 0 Å². The van der Waals surface area contributed by atoms with Crippen molar-refractivity contribution in [1.29, 1.82) is 0 Å². The lowest BCUT2D eigenvalue weighted by molar-refractivity contribution is -0.137. The molecule has 2 N–H and O–H groups in total. The number of anilines is 1. The average molecular weight is 407 g/mol. The SMILES string of the molecule is COc1ccc(C(CC(=O)O)Nc2cccc(-c3ccccc3)c2)c(OC)c1OC. The van der Waals surface area contributed by atoms with Gasteiger partial charge in [0.05, 0.1) is 33.8 Å². The Morgan fingerprint density at radius 3 is 2.20 bits per heavy atom. The van der Waals surface area contributed by atoms with E-state index < -0.39 is 12.0 Å². The van der Waals surface area contributed by atoms with Gasteiger partial charge in [0.1, 0.15) is 0 Å². The Kier molecular flexibility index (Phi) is 6.80. The number of ether oxygens (including phenoxy) is 3. The summed E-state index contributed by atoms with van der Waals surface area (Å²) < 4.78 is 16.4. The summed E-state index contributed by atoms with van der Waals surface area (Å²) in [5.74, 6) is 0.448. The normalized spacial score (nSPS) is 11.4. The number of carbonyl (C=O) groups is 1. The molecule has 3 aromatic rings. The van der Waals surface area contributed by atoms with Gasteiger partial charge in [-0.15, -0.1) is 0 Å². The number of nitrogens with one attached hydrogen (secondary N) is 1. The molecule has 0 spiro atoms. The first-order valence-corrected chi connectivity index (χ1v) is 9.50. The molecule has 1 unspecified atom stereocenters. The summed E-state index contributed by atoms with van der Waals surface area (Å²) in [7, 11) is 4.58. The second-order valence-electron chi connectivity index (χ2n) is 6.67. The molecular weight excluding hydrogens is 382 g/mol. The number of carboxylic acid groups (broad SMARTS) is 1. The molecule has 3 aromatic carbocycles. The number of carboxylic acids is 1. The molecular formula is C24H25NO5. The highest BCUT2D eigenvalue weighted by Gasteiger charge is 2.24. The maximum absolute atomic E-state index is 11.6. The Morgan fingerprint density at radius 2 is 1.57 bits per heavy atom. The third-order valence-corrected chi connectivity index (χ3v) is 4.80. The standard InChI is InChI=1S/C24H25NO5/c1-28-21-13-12-19(23(29-2)24(21)30-3)20(15-22(26)27)25-18-11-7-10-17(14-18)16-8-5-4-6-9-16/h4-14,20,25H,15H2,1-3H3,(H,26,27). The zero-order chi connectivity index (χ0) is 21.5. The van der Waals surface area contributed by atoms with Crippen LogP contribution in [0.15, 0.2) is 66.7 Å². The summed E-state index contributed by atoms with van der Waals surface area (Å²) in [5, 5.41) is 12.9. The molecule has 30 heavy (non-hydrogen) atoms. The summed E-state index contributed by atoms with van der Waals surface area (Å²) in [5.41, 5.74) is 3.59. The van der Waals surface area contributed by atoms with Gasteiger partial charge >= 0.3 is 5.97 Å². The van der Waals surface area contributed by atoms with Crippen molar-refractivity contribution < 1.29 is 24.1 Å². The van der Waals surface area contributed by atoms with Crippen molar-refractivity contribution in [1.82, 2.24) is 0 Å². The molecule has 0 bridgehead atoms. The van der Waals surface area contributed by atoms with E-state index in [1.54, 1.807) is 19.2 Å². The number of aliphatic carboxylic acids is 1. The third-order valence-electron chi connectivity index (χ3n) is 4.80.